The quantitative estimate of drug-likeness (QED) is 0.239. The van der Waals surface area contributed by atoms with Gasteiger partial charge in [-0.2, -0.15) is 18.2 Å². The van der Waals surface area contributed by atoms with Crippen molar-refractivity contribution < 1.29 is 36.6 Å². The number of nitrogen functional groups attached to an aromatic ring is 1. The number of ether oxygens (including phenoxy) is 2. The highest BCUT2D eigenvalue weighted by Crippen LogP contribution is 2.44. The zero-order valence-corrected chi connectivity index (χ0v) is 21.3. The number of methoxy groups -OCH3 is 1. The van der Waals surface area contributed by atoms with Crippen LogP contribution in [0.15, 0.2) is 72.8 Å². The molecule has 0 radical (unpaired) electrons. The molecule has 40 heavy (non-hydrogen) atoms. The van der Waals surface area contributed by atoms with Crippen LogP contribution in [0.1, 0.15) is 18.9 Å². The van der Waals surface area contributed by atoms with Crippen LogP contribution in [0.2, 0.25) is 0 Å². The van der Waals surface area contributed by atoms with Gasteiger partial charge in [0.05, 0.1) is 12.8 Å². The van der Waals surface area contributed by atoms with Crippen molar-refractivity contribution in [2.24, 2.45) is 5.41 Å². The topological polar surface area (TPSA) is 116 Å². The van der Waals surface area contributed by atoms with Crippen molar-refractivity contribution in [2.45, 2.75) is 25.6 Å². The Hall–Kier alpha value is -4.74. The number of hydrogen-bond donors (Lipinski definition) is 2. The normalized spacial score (nSPS) is 17.5. The lowest BCUT2D eigenvalue weighted by atomic mass is 9.76. The van der Waals surface area contributed by atoms with Crippen LogP contribution in [0.25, 0.3) is 16.8 Å². The highest BCUT2D eigenvalue weighted by Gasteiger charge is 2.52. The van der Waals surface area contributed by atoms with Gasteiger partial charge in [0.2, 0.25) is 17.9 Å². The van der Waals surface area contributed by atoms with Gasteiger partial charge in [0.1, 0.15) is 5.82 Å². The number of benzene rings is 2. The first-order valence-electron chi connectivity index (χ1n) is 11.9. The van der Waals surface area contributed by atoms with Crippen LogP contribution in [-0.4, -0.2) is 41.2 Å². The van der Waals surface area contributed by atoms with Gasteiger partial charge in [0.15, 0.2) is 0 Å². The molecule has 0 spiro atoms. The van der Waals surface area contributed by atoms with Crippen LogP contribution in [0, 0.1) is 11.2 Å². The van der Waals surface area contributed by atoms with E-state index in [2.05, 4.69) is 20.0 Å². The molecule has 0 saturated heterocycles. The van der Waals surface area contributed by atoms with Crippen molar-refractivity contribution in [3.8, 4) is 17.1 Å². The smallest absolute Gasteiger partial charge is 0.426 e. The van der Waals surface area contributed by atoms with E-state index in [0.29, 0.717) is 16.7 Å². The summed E-state index contributed by atoms with van der Waals surface area (Å²) < 4.78 is 66.3. The molecule has 1 heterocycles. The average molecular weight is 557 g/mol. The van der Waals surface area contributed by atoms with Gasteiger partial charge in [-0.25, -0.2) is 14.2 Å². The van der Waals surface area contributed by atoms with E-state index >= 15 is 0 Å². The molecule has 3 N–H and O–H groups in total. The predicted octanol–water partition coefficient (Wildman–Crippen LogP) is 5.34. The molecule has 0 bridgehead atoms. The summed E-state index contributed by atoms with van der Waals surface area (Å²) in [5, 5.41) is 2.34. The number of alkyl halides is 3. The van der Waals surface area contributed by atoms with Gasteiger partial charge < -0.3 is 20.5 Å². The van der Waals surface area contributed by atoms with Gasteiger partial charge in [-0.1, -0.05) is 49.4 Å². The molecule has 12 heteroatoms. The lowest BCUT2D eigenvalue weighted by Gasteiger charge is -2.37. The number of rotatable bonds is 6. The van der Waals surface area contributed by atoms with E-state index in [0.717, 1.165) is 7.11 Å². The molecular formula is C28H24F4N4O4. The van der Waals surface area contributed by atoms with Gasteiger partial charge in [-0.05, 0) is 41.8 Å². The van der Waals surface area contributed by atoms with Gasteiger partial charge in [0.25, 0.3) is 0 Å². The van der Waals surface area contributed by atoms with Crippen molar-refractivity contribution >= 4 is 29.1 Å². The molecule has 8 nitrogen and oxygen atoms in total. The molecule has 2 atom stereocenters. The Bertz CT molecular complexity index is 1490. The van der Waals surface area contributed by atoms with Crippen molar-refractivity contribution in [1.29, 1.82) is 0 Å². The molecule has 1 aromatic heterocycles. The molecule has 0 aliphatic heterocycles. The van der Waals surface area contributed by atoms with Crippen LogP contribution in [0.4, 0.5) is 29.2 Å². The summed E-state index contributed by atoms with van der Waals surface area (Å²) in [7, 11) is 1.07. The number of carbonyl (C=O) groups excluding carboxylic acids is 2. The van der Waals surface area contributed by atoms with Gasteiger partial charge in [-0.3, -0.25) is 4.79 Å². The van der Waals surface area contributed by atoms with E-state index in [1.54, 1.807) is 12.1 Å². The van der Waals surface area contributed by atoms with E-state index in [9.17, 15) is 27.2 Å². The summed E-state index contributed by atoms with van der Waals surface area (Å²) in [5.74, 6) is -3.19. The number of nitrogens with two attached hydrogens (primary N) is 1. The van der Waals surface area contributed by atoms with Crippen LogP contribution in [0.3, 0.4) is 0 Å². The van der Waals surface area contributed by atoms with E-state index in [-0.39, 0.29) is 29.6 Å². The first-order valence-corrected chi connectivity index (χ1v) is 11.9. The zero-order chi connectivity index (χ0) is 29.1. The maximum absolute atomic E-state index is 14.3. The minimum Gasteiger partial charge on any atom is -0.464 e. The molecule has 0 fully saturated rings. The number of aromatic nitrogens is 2. The molecule has 4 rings (SSSR count). The van der Waals surface area contributed by atoms with Crippen LogP contribution in [0.5, 0.6) is 5.88 Å². The Labute approximate surface area is 226 Å². The summed E-state index contributed by atoms with van der Waals surface area (Å²) in [4.78, 5) is 30.9. The van der Waals surface area contributed by atoms with Crippen LogP contribution >= 0.6 is 0 Å². The predicted molar refractivity (Wildman–Crippen MR) is 139 cm³/mol. The second kappa shape index (κ2) is 11.2. The summed E-state index contributed by atoms with van der Waals surface area (Å²) in [6.45, 7) is 1.41. The van der Waals surface area contributed by atoms with Crippen molar-refractivity contribution in [2.75, 3.05) is 18.2 Å². The number of esters is 1. The monoisotopic (exact) mass is 556 g/mol. The second-order valence-electron chi connectivity index (χ2n) is 9.23. The third kappa shape index (κ3) is 6.45. The summed E-state index contributed by atoms with van der Waals surface area (Å²) >= 11 is 0. The Kier molecular flexibility index (Phi) is 7.89. The largest absolute Gasteiger partial charge is 0.464 e. The van der Waals surface area contributed by atoms with Gasteiger partial charge >= 0.3 is 18.1 Å². The highest BCUT2D eigenvalue weighted by molar-refractivity contribution is 6.37. The summed E-state index contributed by atoms with van der Waals surface area (Å²) in [5.41, 5.74) is 6.31. The highest BCUT2D eigenvalue weighted by atomic mass is 19.4. The van der Waals surface area contributed by atoms with Gasteiger partial charge in [-0.15, -0.1) is 0 Å². The van der Waals surface area contributed by atoms with Crippen LogP contribution < -0.4 is 15.8 Å². The molecule has 2 aromatic carbocycles. The number of hydrogen-bond acceptors (Lipinski definition) is 7. The van der Waals surface area contributed by atoms with E-state index in [4.69, 9.17) is 10.5 Å². The van der Waals surface area contributed by atoms with E-state index in [1.807, 2.05) is 0 Å². The summed E-state index contributed by atoms with van der Waals surface area (Å²) in [6.07, 6.45) is -2.58. The molecular weight excluding hydrogens is 532 g/mol. The fourth-order valence-corrected chi connectivity index (χ4v) is 4.17. The summed E-state index contributed by atoms with van der Waals surface area (Å²) in [6, 6.07) is 13.0. The average Bonchev–Trinajstić information content (AvgIpc) is 2.91. The number of carbonyl (C=O) groups is 2. The molecule has 208 valence electrons. The minimum atomic E-state index is -4.78. The molecule has 1 amide bonds. The number of nitrogens with one attached hydrogen (secondary N) is 1. The Morgan fingerprint density at radius 1 is 1.07 bits per heavy atom. The van der Waals surface area contributed by atoms with Gasteiger partial charge in [0, 0.05) is 22.7 Å². The SMILES string of the molecule is COC(=O)C(=O)Nc1ccc(-c2cc(OC(C(F)(F)F)C3(C)C=CC(c4cccc(F)c4)=CC3)nc(N)n2)cc1. The number of amides is 1. The zero-order valence-electron chi connectivity index (χ0n) is 21.3. The number of anilines is 2. The molecule has 1 aliphatic carbocycles. The number of halogens is 4. The maximum Gasteiger partial charge on any atom is 0.426 e. The Morgan fingerprint density at radius 3 is 2.40 bits per heavy atom. The molecule has 3 aromatic rings. The third-order valence-electron chi connectivity index (χ3n) is 6.23. The Balaban J connectivity index is 1.56. The lowest BCUT2D eigenvalue weighted by Crippen LogP contribution is -2.47. The number of nitrogens with zero attached hydrogens (tertiary/aromatic N) is 2. The first-order chi connectivity index (χ1) is 18.9. The fourth-order valence-electron chi connectivity index (χ4n) is 4.17. The lowest BCUT2D eigenvalue weighted by molar-refractivity contribution is -0.220. The minimum absolute atomic E-state index is 0.0360. The van der Waals surface area contributed by atoms with Crippen molar-refractivity contribution in [1.82, 2.24) is 9.97 Å². The fraction of sp³-hybridized carbons (Fsp3) is 0.214. The second-order valence-corrected chi connectivity index (χ2v) is 9.23. The molecule has 0 saturated carbocycles. The third-order valence-corrected chi connectivity index (χ3v) is 6.23. The number of allylic oxidation sites excluding steroid dienone is 3. The molecule has 2 unspecified atom stereocenters. The standard InChI is InChI=1S/C28H24F4N4O4/c1-27(12-10-16(11-13-27)18-4-3-5-19(29)14-18)25(28(30,31)32)40-22-15-21(35-26(33)36-22)17-6-8-20(9-7-17)34-23(37)24(38)39-2/h3-12,14-15,25H,13H2,1-2H3,(H,34,37)(H2,33,35,36). The van der Waals surface area contributed by atoms with Crippen molar-refractivity contribution in [3.63, 3.8) is 0 Å². The van der Waals surface area contributed by atoms with Crippen molar-refractivity contribution in [3.05, 3.63) is 84.2 Å². The maximum atomic E-state index is 14.3. The van der Waals surface area contributed by atoms with E-state index in [1.165, 1.54) is 67.6 Å². The molecule has 1 aliphatic rings. The first kappa shape index (κ1) is 28.3. The van der Waals surface area contributed by atoms with Crippen LogP contribution in [-0.2, 0) is 14.3 Å². The Morgan fingerprint density at radius 2 is 1.80 bits per heavy atom. The van der Waals surface area contributed by atoms with E-state index < -0.39 is 35.4 Å².